The number of hydrogen-bond donors (Lipinski definition) is 1. The summed E-state index contributed by atoms with van der Waals surface area (Å²) < 4.78 is 5.68. The third-order valence-electron chi connectivity index (χ3n) is 5.05. The summed E-state index contributed by atoms with van der Waals surface area (Å²) in [5.41, 5.74) is 2.79. The molecule has 5 heteroatoms. The van der Waals surface area contributed by atoms with E-state index in [9.17, 15) is 4.79 Å². The van der Waals surface area contributed by atoms with Crippen LogP contribution in [0.2, 0.25) is 0 Å². The fourth-order valence-electron chi connectivity index (χ4n) is 3.57. The SMILES string of the molecule is COC1(C(=O)N(C)Cc2ccccc2-c2ccccc2)CCNCC1.Cl. The molecule has 0 unspecified atom stereocenters. The van der Waals surface area contributed by atoms with Gasteiger partial charge in [-0.15, -0.1) is 12.4 Å². The lowest BCUT2D eigenvalue weighted by Crippen LogP contribution is -2.54. The van der Waals surface area contributed by atoms with Crippen molar-refractivity contribution in [2.75, 3.05) is 27.2 Å². The van der Waals surface area contributed by atoms with Gasteiger partial charge in [0, 0.05) is 20.7 Å². The van der Waals surface area contributed by atoms with Gasteiger partial charge in [-0.25, -0.2) is 0 Å². The molecule has 0 radical (unpaired) electrons. The van der Waals surface area contributed by atoms with E-state index in [1.807, 2.05) is 37.4 Å². The number of hydrogen-bond acceptors (Lipinski definition) is 3. The normalized spacial score (nSPS) is 15.8. The van der Waals surface area contributed by atoms with Gasteiger partial charge in [-0.2, -0.15) is 0 Å². The molecule has 140 valence electrons. The number of likely N-dealkylation sites (N-methyl/N-ethyl adjacent to an activating group) is 1. The van der Waals surface area contributed by atoms with E-state index < -0.39 is 5.60 Å². The van der Waals surface area contributed by atoms with Crippen molar-refractivity contribution in [3.63, 3.8) is 0 Å². The van der Waals surface area contributed by atoms with E-state index in [1.165, 1.54) is 11.1 Å². The number of ether oxygens (including phenoxy) is 1. The zero-order valence-electron chi connectivity index (χ0n) is 15.4. The van der Waals surface area contributed by atoms with Gasteiger partial charge >= 0.3 is 0 Å². The van der Waals surface area contributed by atoms with Gasteiger partial charge in [0.1, 0.15) is 5.60 Å². The highest BCUT2D eigenvalue weighted by atomic mass is 35.5. The molecule has 1 N–H and O–H groups in total. The molecule has 0 spiro atoms. The van der Waals surface area contributed by atoms with Crippen molar-refractivity contribution in [1.82, 2.24) is 10.2 Å². The van der Waals surface area contributed by atoms with Gasteiger partial charge in [0.2, 0.25) is 0 Å². The van der Waals surface area contributed by atoms with Gasteiger partial charge < -0.3 is 15.0 Å². The van der Waals surface area contributed by atoms with Crippen LogP contribution in [0.25, 0.3) is 11.1 Å². The Morgan fingerprint density at radius 3 is 2.35 bits per heavy atom. The van der Waals surface area contributed by atoms with E-state index in [4.69, 9.17) is 4.74 Å². The lowest BCUT2D eigenvalue weighted by atomic mass is 9.90. The smallest absolute Gasteiger partial charge is 0.254 e. The van der Waals surface area contributed by atoms with Crippen molar-refractivity contribution in [1.29, 1.82) is 0 Å². The van der Waals surface area contributed by atoms with E-state index >= 15 is 0 Å². The van der Waals surface area contributed by atoms with Gasteiger partial charge in [-0.3, -0.25) is 4.79 Å². The quantitative estimate of drug-likeness (QED) is 0.870. The van der Waals surface area contributed by atoms with Gasteiger partial charge in [-0.05, 0) is 42.6 Å². The Hall–Kier alpha value is -1.88. The van der Waals surface area contributed by atoms with Crippen LogP contribution in [0, 0.1) is 0 Å². The third-order valence-corrected chi connectivity index (χ3v) is 5.05. The van der Waals surface area contributed by atoms with Crippen LogP contribution in [0.4, 0.5) is 0 Å². The first-order valence-electron chi connectivity index (χ1n) is 8.81. The van der Waals surface area contributed by atoms with Gasteiger partial charge in [-0.1, -0.05) is 54.6 Å². The molecule has 1 aliphatic heterocycles. The number of piperidine rings is 1. The molecule has 1 fully saturated rings. The molecule has 2 aromatic carbocycles. The van der Waals surface area contributed by atoms with Crippen molar-refractivity contribution in [2.45, 2.75) is 25.0 Å². The monoisotopic (exact) mass is 374 g/mol. The van der Waals surface area contributed by atoms with Crippen molar-refractivity contribution in [2.24, 2.45) is 0 Å². The summed E-state index contributed by atoms with van der Waals surface area (Å²) in [4.78, 5) is 14.9. The number of carbonyl (C=O) groups excluding carboxylic acids is 1. The number of methoxy groups -OCH3 is 1. The van der Waals surface area contributed by atoms with Gasteiger partial charge in [0.05, 0.1) is 0 Å². The molecule has 2 aromatic rings. The van der Waals surface area contributed by atoms with Crippen LogP contribution in [0.1, 0.15) is 18.4 Å². The van der Waals surface area contributed by atoms with Crippen molar-refractivity contribution in [3.8, 4) is 11.1 Å². The van der Waals surface area contributed by atoms with E-state index in [2.05, 4.69) is 29.6 Å². The number of benzene rings is 2. The molecule has 1 aliphatic rings. The van der Waals surface area contributed by atoms with Crippen LogP contribution in [0.15, 0.2) is 54.6 Å². The molecule has 26 heavy (non-hydrogen) atoms. The second-order valence-electron chi connectivity index (χ2n) is 6.63. The average molecular weight is 375 g/mol. The molecule has 0 saturated carbocycles. The Bertz CT molecular complexity index is 715. The summed E-state index contributed by atoms with van der Waals surface area (Å²) in [6, 6.07) is 18.6. The topological polar surface area (TPSA) is 41.6 Å². The van der Waals surface area contributed by atoms with Crippen LogP contribution in [0.3, 0.4) is 0 Å². The largest absolute Gasteiger partial charge is 0.368 e. The molecule has 0 aromatic heterocycles. The fourth-order valence-corrected chi connectivity index (χ4v) is 3.57. The second kappa shape index (κ2) is 9.17. The number of carbonyl (C=O) groups is 1. The summed E-state index contributed by atoms with van der Waals surface area (Å²) in [5, 5.41) is 3.30. The van der Waals surface area contributed by atoms with Crippen molar-refractivity contribution >= 4 is 18.3 Å². The summed E-state index contributed by atoms with van der Waals surface area (Å²) >= 11 is 0. The van der Waals surface area contributed by atoms with E-state index in [0.717, 1.165) is 18.7 Å². The maximum absolute atomic E-state index is 13.1. The summed E-state index contributed by atoms with van der Waals surface area (Å²) in [7, 11) is 3.52. The zero-order chi connectivity index (χ0) is 17.7. The second-order valence-corrected chi connectivity index (χ2v) is 6.63. The Labute approximate surface area is 162 Å². The van der Waals surface area contributed by atoms with Crippen LogP contribution in [-0.4, -0.2) is 43.7 Å². The maximum Gasteiger partial charge on any atom is 0.254 e. The first-order chi connectivity index (χ1) is 12.2. The number of nitrogens with one attached hydrogen (secondary N) is 1. The average Bonchev–Trinajstić information content (AvgIpc) is 2.69. The molecule has 1 amide bonds. The van der Waals surface area contributed by atoms with Crippen LogP contribution < -0.4 is 5.32 Å². The molecule has 0 atom stereocenters. The highest BCUT2D eigenvalue weighted by molar-refractivity contribution is 5.86. The van der Waals surface area contributed by atoms with Crippen LogP contribution in [-0.2, 0) is 16.1 Å². The summed E-state index contributed by atoms with van der Waals surface area (Å²) in [6.45, 7) is 2.20. The number of nitrogens with zero attached hydrogens (tertiary/aromatic N) is 1. The predicted molar refractivity (Wildman–Crippen MR) is 107 cm³/mol. The molecule has 4 nitrogen and oxygen atoms in total. The molecule has 0 aliphatic carbocycles. The zero-order valence-corrected chi connectivity index (χ0v) is 16.2. The standard InChI is InChI=1S/C21H26N2O2.ClH/c1-23(20(24)21(25-2)12-14-22-15-13-21)16-18-10-6-7-11-19(18)17-8-4-3-5-9-17;/h3-11,22H,12-16H2,1-2H3;1H. The number of halogens is 1. The fraction of sp³-hybridized carbons (Fsp3) is 0.381. The first-order valence-corrected chi connectivity index (χ1v) is 8.81. The Morgan fingerprint density at radius 2 is 1.69 bits per heavy atom. The Morgan fingerprint density at radius 1 is 1.08 bits per heavy atom. The third kappa shape index (κ3) is 4.26. The Kier molecular flexibility index (Phi) is 7.21. The number of rotatable bonds is 5. The van der Waals surface area contributed by atoms with E-state index in [1.54, 1.807) is 12.0 Å². The maximum atomic E-state index is 13.1. The minimum Gasteiger partial charge on any atom is -0.368 e. The van der Waals surface area contributed by atoms with Crippen molar-refractivity contribution in [3.05, 3.63) is 60.2 Å². The molecular formula is C21H27ClN2O2. The van der Waals surface area contributed by atoms with E-state index in [-0.39, 0.29) is 18.3 Å². The molecule has 1 heterocycles. The summed E-state index contributed by atoms with van der Waals surface area (Å²) in [6.07, 6.45) is 1.43. The lowest BCUT2D eigenvalue weighted by Gasteiger charge is -2.37. The highest BCUT2D eigenvalue weighted by Gasteiger charge is 2.41. The summed E-state index contributed by atoms with van der Waals surface area (Å²) in [5.74, 6) is 0.0689. The minimum atomic E-state index is -0.693. The van der Waals surface area contributed by atoms with Crippen molar-refractivity contribution < 1.29 is 9.53 Å². The predicted octanol–water partition coefficient (Wildman–Crippen LogP) is 3.50. The van der Waals surface area contributed by atoms with Gasteiger partial charge in [0.15, 0.2) is 0 Å². The molecular weight excluding hydrogens is 348 g/mol. The van der Waals surface area contributed by atoms with Crippen LogP contribution in [0.5, 0.6) is 0 Å². The highest BCUT2D eigenvalue weighted by Crippen LogP contribution is 2.28. The molecule has 1 saturated heterocycles. The van der Waals surface area contributed by atoms with E-state index in [0.29, 0.717) is 19.4 Å². The van der Waals surface area contributed by atoms with Gasteiger partial charge in [0.25, 0.3) is 5.91 Å². The lowest BCUT2D eigenvalue weighted by molar-refractivity contribution is -0.157. The first kappa shape index (κ1) is 20.4. The molecule has 3 rings (SSSR count). The van der Waals surface area contributed by atoms with Crippen LogP contribution >= 0.6 is 12.4 Å². The molecule has 0 bridgehead atoms. The minimum absolute atomic E-state index is 0. The Balaban J connectivity index is 0.00000243. The number of amides is 1.